The second-order valence-corrected chi connectivity index (χ2v) is 8.88. The Bertz CT molecular complexity index is 896. The lowest BCUT2D eigenvalue weighted by molar-refractivity contribution is -0.116. The number of carbonyl (C=O) groups excluding carboxylic acids is 1. The van der Waals surface area contributed by atoms with E-state index in [0.29, 0.717) is 24.6 Å². The van der Waals surface area contributed by atoms with E-state index in [-0.39, 0.29) is 5.91 Å². The molecular formula is C23H27N3OS. The maximum Gasteiger partial charge on any atom is 0.226 e. The first-order valence-electron chi connectivity index (χ1n) is 10.4. The normalized spacial score (nSPS) is 18.5. The summed E-state index contributed by atoms with van der Waals surface area (Å²) >= 11 is 1.61. The van der Waals surface area contributed by atoms with Gasteiger partial charge in [-0.1, -0.05) is 30.7 Å². The number of carbonyl (C=O) groups is 1. The predicted molar refractivity (Wildman–Crippen MR) is 114 cm³/mol. The molecule has 4 rings (SSSR count). The summed E-state index contributed by atoms with van der Waals surface area (Å²) in [6, 6.07) is 11.3. The summed E-state index contributed by atoms with van der Waals surface area (Å²) in [5.41, 5.74) is 4.68. The van der Waals surface area contributed by atoms with Crippen molar-refractivity contribution >= 4 is 22.2 Å². The van der Waals surface area contributed by atoms with Crippen molar-refractivity contribution in [2.75, 3.05) is 11.9 Å². The number of nitriles is 1. The average molecular weight is 394 g/mol. The standard InChI is InChI=1S/C23H27N3OS/c24-15-19-18-10-2-1-3-12-21(18)28-23(19)26-22(27)13-14-25-20-11-6-8-16-7-4-5-9-17(16)20/h4-5,7,9,20,25H,1-3,6,8,10-14H2,(H,26,27)/t20-/m1/s1. The van der Waals surface area contributed by atoms with Crippen molar-refractivity contribution in [3.63, 3.8) is 0 Å². The predicted octanol–water partition coefficient (Wildman–Crippen LogP) is 4.88. The van der Waals surface area contributed by atoms with E-state index in [1.165, 1.54) is 40.8 Å². The highest BCUT2D eigenvalue weighted by molar-refractivity contribution is 7.16. The fourth-order valence-electron chi connectivity index (χ4n) is 4.46. The van der Waals surface area contributed by atoms with Crippen LogP contribution in [0.4, 0.5) is 5.00 Å². The van der Waals surface area contributed by atoms with Crippen LogP contribution in [0.15, 0.2) is 24.3 Å². The van der Waals surface area contributed by atoms with Crippen LogP contribution in [0, 0.1) is 11.3 Å². The topological polar surface area (TPSA) is 64.9 Å². The number of amides is 1. The molecule has 5 heteroatoms. The van der Waals surface area contributed by atoms with Crippen molar-refractivity contribution in [1.82, 2.24) is 5.32 Å². The summed E-state index contributed by atoms with van der Waals surface area (Å²) in [6.07, 6.45) is 9.42. The van der Waals surface area contributed by atoms with Crippen LogP contribution in [0.1, 0.15) is 71.7 Å². The van der Waals surface area contributed by atoms with Gasteiger partial charge >= 0.3 is 0 Å². The fraction of sp³-hybridized carbons (Fsp3) is 0.478. The Morgan fingerprint density at radius 1 is 1.14 bits per heavy atom. The van der Waals surface area contributed by atoms with Crippen LogP contribution >= 0.6 is 11.3 Å². The molecule has 0 saturated carbocycles. The molecule has 1 heterocycles. The third kappa shape index (κ3) is 4.14. The SMILES string of the molecule is N#Cc1c(NC(=O)CCN[C@@H]2CCCc3ccccc32)sc2c1CCCCC2. The van der Waals surface area contributed by atoms with Gasteiger partial charge in [0.05, 0.1) is 5.56 Å². The van der Waals surface area contributed by atoms with Gasteiger partial charge in [0.2, 0.25) is 5.91 Å². The van der Waals surface area contributed by atoms with Crippen LogP contribution in [0.5, 0.6) is 0 Å². The van der Waals surface area contributed by atoms with Crippen molar-refractivity contribution in [3.8, 4) is 6.07 Å². The molecule has 2 N–H and O–H groups in total. The number of hydrogen-bond donors (Lipinski definition) is 2. The third-order valence-electron chi connectivity index (χ3n) is 5.90. The molecule has 2 aliphatic rings. The molecule has 0 aliphatic heterocycles. The number of fused-ring (bicyclic) bond motifs is 2. The molecule has 0 spiro atoms. The Labute approximate surface area is 171 Å². The van der Waals surface area contributed by atoms with Gasteiger partial charge in [0.1, 0.15) is 11.1 Å². The number of aryl methyl sites for hydroxylation is 2. The minimum atomic E-state index is -0.00972. The highest BCUT2D eigenvalue weighted by Crippen LogP contribution is 2.37. The van der Waals surface area contributed by atoms with Gasteiger partial charge in [-0.3, -0.25) is 4.79 Å². The maximum atomic E-state index is 12.5. The van der Waals surface area contributed by atoms with E-state index in [9.17, 15) is 10.1 Å². The van der Waals surface area contributed by atoms with Gasteiger partial charge in [0.15, 0.2) is 0 Å². The molecule has 0 saturated heterocycles. The van der Waals surface area contributed by atoms with Crippen molar-refractivity contribution < 1.29 is 4.79 Å². The minimum absolute atomic E-state index is 0.00972. The minimum Gasteiger partial charge on any atom is -0.317 e. The Balaban J connectivity index is 1.34. The first-order chi connectivity index (χ1) is 13.8. The Morgan fingerprint density at radius 3 is 2.89 bits per heavy atom. The molecule has 0 radical (unpaired) electrons. The molecule has 146 valence electrons. The largest absolute Gasteiger partial charge is 0.317 e. The Kier molecular flexibility index (Phi) is 6.09. The lowest BCUT2D eigenvalue weighted by atomic mass is 9.88. The second-order valence-electron chi connectivity index (χ2n) is 7.78. The second kappa shape index (κ2) is 8.89. The van der Waals surface area contributed by atoms with E-state index in [0.717, 1.165) is 37.1 Å². The number of benzene rings is 1. The van der Waals surface area contributed by atoms with Crippen molar-refractivity contribution in [2.24, 2.45) is 0 Å². The van der Waals surface area contributed by atoms with Crippen LogP contribution in [0.2, 0.25) is 0 Å². The van der Waals surface area contributed by atoms with Gasteiger partial charge in [-0.05, 0) is 61.6 Å². The van der Waals surface area contributed by atoms with E-state index < -0.39 is 0 Å². The van der Waals surface area contributed by atoms with Crippen molar-refractivity contribution in [2.45, 2.75) is 63.8 Å². The molecule has 4 nitrogen and oxygen atoms in total. The van der Waals surface area contributed by atoms with Crippen LogP contribution in [0.3, 0.4) is 0 Å². The maximum absolute atomic E-state index is 12.5. The lowest BCUT2D eigenvalue weighted by Gasteiger charge is -2.26. The third-order valence-corrected chi connectivity index (χ3v) is 7.11. The van der Waals surface area contributed by atoms with E-state index in [2.05, 4.69) is 41.0 Å². The molecule has 1 amide bonds. The molecule has 2 aromatic rings. The zero-order chi connectivity index (χ0) is 19.3. The molecule has 28 heavy (non-hydrogen) atoms. The molecule has 1 aromatic heterocycles. The Morgan fingerprint density at radius 2 is 2.00 bits per heavy atom. The number of anilines is 1. The molecular weight excluding hydrogens is 366 g/mol. The first-order valence-corrected chi connectivity index (χ1v) is 11.2. The van der Waals surface area contributed by atoms with Gasteiger partial charge in [-0.15, -0.1) is 11.3 Å². The zero-order valence-electron chi connectivity index (χ0n) is 16.2. The van der Waals surface area contributed by atoms with Crippen LogP contribution < -0.4 is 10.6 Å². The van der Waals surface area contributed by atoms with Crippen molar-refractivity contribution in [1.29, 1.82) is 5.26 Å². The molecule has 2 aliphatic carbocycles. The van der Waals surface area contributed by atoms with E-state index in [4.69, 9.17) is 0 Å². The summed E-state index contributed by atoms with van der Waals surface area (Å²) in [5.74, 6) is -0.00972. The van der Waals surface area contributed by atoms with E-state index in [1.807, 2.05) is 0 Å². The monoisotopic (exact) mass is 393 g/mol. The molecule has 0 unspecified atom stereocenters. The smallest absolute Gasteiger partial charge is 0.226 e. The Hall–Kier alpha value is -2.16. The summed E-state index contributed by atoms with van der Waals surface area (Å²) in [5, 5.41) is 16.9. The summed E-state index contributed by atoms with van der Waals surface area (Å²) in [4.78, 5) is 13.8. The fourth-order valence-corrected chi connectivity index (χ4v) is 5.72. The number of hydrogen-bond acceptors (Lipinski definition) is 4. The highest BCUT2D eigenvalue weighted by Gasteiger charge is 2.22. The summed E-state index contributed by atoms with van der Waals surface area (Å²) < 4.78 is 0. The van der Waals surface area contributed by atoms with E-state index in [1.54, 1.807) is 11.3 Å². The van der Waals surface area contributed by atoms with E-state index >= 15 is 0 Å². The summed E-state index contributed by atoms with van der Waals surface area (Å²) in [7, 11) is 0. The number of nitrogens with zero attached hydrogens (tertiary/aromatic N) is 1. The van der Waals surface area contributed by atoms with Crippen LogP contribution in [0.25, 0.3) is 0 Å². The van der Waals surface area contributed by atoms with Crippen molar-refractivity contribution in [3.05, 3.63) is 51.4 Å². The van der Waals surface area contributed by atoms with Gasteiger partial charge in [0.25, 0.3) is 0 Å². The quantitative estimate of drug-likeness (QED) is 0.711. The zero-order valence-corrected chi connectivity index (χ0v) is 17.0. The lowest BCUT2D eigenvalue weighted by Crippen LogP contribution is -2.28. The van der Waals surface area contributed by atoms with Gasteiger partial charge in [-0.2, -0.15) is 5.26 Å². The molecule has 1 aromatic carbocycles. The summed E-state index contributed by atoms with van der Waals surface area (Å²) in [6.45, 7) is 0.651. The number of thiophene rings is 1. The number of rotatable bonds is 5. The first kappa shape index (κ1) is 19.2. The number of nitrogens with one attached hydrogen (secondary N) is 2. The molecule has 0 fully saturated rings. The molecule has 0 bridgehead atoms. The van der Waals surface area contributed by atoms with Crippen LogP contribution in [-0.2, 0) is 24.1 Å². The molecule has 1 atom stereocenters. The highest BCUT2D eigenvalue weighted by atomic mass is 32.1. The van der Waals surface area contributed by atoms with Crippen LogP contribution in [-0.4, -0.2) is 12.5 Å². The van der Waals surface area contributed by atoms with Gasteiger partial charge in [0, 0.05) is 23.9 Å². The van der Waals surface area contributed by atoms with Gasteiger partial charge in [-0.25, -0.2) is 0 Å². The average Bonchev–Trinajstić information content (AvgIpc) is 2.87. The van der Waals surface area contributed by atoms with Gasteiger partial charge < -0.3 is 10.6 Å².